The van der Waals surface area contributed by atoms with Crippen molar-refractivity contribution in [3.05, 3.63) is 35.1 Å². The van der Waals surface area contributed by atoms with E-state index >= 15 is 0 Å². The van der Waals surface area contributed by atoms with Gasteiger partial charge in [-0.25, -0.2) is 4.39 Å². The Morgan fingerprint density at radius 2 is 2.06 bits per heavy atom. The van der Waals surface area contributed by atoms with Gasteiger partial charge in [0.05, 0.1) is 11.7 Å². The normalized spacial score (nSPS) is 13.2. The van der Waals surface area contributed by atoms with Crippen LogP contribution in [0.4, 0.5) is 4.39 Å². The van der Waals surface area contributed by atoms with Crippen molar-refractivity contribution in [2.45, 2.75) is 33.8 Å². The molecule has 2 N–H and O–H groups in total. The van der Waals surface area contributed by atoms with Crippen LogP contribution in [-0.4, -0.2) is 23.7 Å². The van der Waals surface area contributed by atoms with Crippen LogP contribution in [0.2, 0.25) is 0 Å². The smallest absolute Gasteiger partial charge is 0.254 e. The molecule has 0 bridgehead atoms. The number of carbonyl (C=O) groups is 1. The highest BCUT2D eigenvalue weighted by atomic mass is 19.1. The van der Waals surface area contributed by atoms with Crippen LogP contribution in [0.1, 0.15) is 36.7 Å². The van der Waals surface area contributed by atoms with Gasteiger partial charge in [0.15, 0.2) is 0 Å². The average Bonchev–Trinajstić information content (AvgIpc) is 2.27. The van der Waals surface area contributed by atoms with E-state index in [1.165, 1.54) is 6.07 Å². The van der Waals surface area contributed by atoms with Crippen molar-refractivity contribution in [3.8, 4) is 0 Å². The monoisotopic (exact) mass is 253 g/mol. The van der Waals surface area contributed by atoms with Crippen molar-refractivity contribution in [2.24, 2.45) is 5.41 Å². The van der Waals surface area contributed by atoms with Crippen LogP contribution < -0.4 is 5.32 Å². The topological polar surface area (TPSA) is 49.3 Å². The molecule has 0 saturated heterocycles. The minimum Gasteiger partial charge on any atom is -0.391 e. The first-order valence-corrected chi connectivity index (χ1v) is 5.95. The molecule has 3 nitrogen and oxygen atoms in total. The summed E-state index contributed by atoms with van der Waals surface area (Å²) < 4.78 is 13.7. The van der Waals surface area contributed by atoms with E-state index in [2.05, 4.69) is 5.32 Å². The number of aryl methyl sites for hydroxylation is 1. The Morgan fingerprint density at radius 3 is 2.61 bits per heavy atom. The lowest BCUT2D eigenvalue weighted by atomic mass is 9.89. The van der Waals surface area contributed by atoms with Crippen LogP contribution in [0.15, 0.2) is 18.2 Å². The standard InChI is InChI=1S/C14H20FNO2/c1-9-6-5-7-10(12(9)15)13(18)16-8-11(17)14(2,3)4/h5-7,11,17H,8H2,1-4H3,(H,16,18). The van der Waals surface area contributed by atoms with Crippen LogP contribution in [0.5, 0.6) is 0 Å². The lowest BCUT2D eigenvalue weighted by Crippen LogP contribution is -2.39. The number of benzene rings is 1. The Labute approximate surface area is 107 Å². The zero-order chi connectivity index (χ0) is 13.9. The maximum Gasteiger partial charge on any atom is 0.254 e. The van der Waals surface area contributed by atoms with Crippen LogP contribution in [0.3, 0.4) is 0 Å². The molecule has 18 heavy (non-hydrogen) atoms. The van der Waals surface area contributed by atoms with Crippen molar-refractivity contribution < 1.29 is 14.3 Å². The molecule has 0 aliphatic rings. The molecule has 1 atom stereocenters. The quantitative estimate of drug-likeness (QED) is 0.868. The van der Waals surface area contributed by atoms with E-state index in [0.29, 0.717) is 5.56 Å². The Hall–Kier alpha value is -1.42. The fourth-order valence-electron chi connectivity index (χ4n) is 1.41. The van der Waals surface area contributed by atoms with E-state index in [9.17, 15) is 14.3 Å². The maximum atomic E-state index is 13.7. The third kappa shape index (κ3) is 3.53. The first-order chi connectivity index (χ1) is 8.23. The SMILES string of the molecule is Cc1cccc(C(=O)NCC(O)C(C)(C)C)c1F. The molecule has 100 valence electrons. The summed E-state index contributed by atoms with van der Waals surface area (Å²) >= 11 is 0. The number of amides is 1. The molecule has 0 radical (unpaired) electrons. The van der Waals surface area contributed by atoms with Crippen LogP contribution in [0.25, 0.3) is 0 Å². The van der Waals surface area contributed by atoms with Gasteiger partial charge in [-0.1, -0.05) is 32.9 Å². The van der Waals surface area contributed by atoms with E-state index in [0.717, 1.165) is 0 Å². The van der Waals surface area contributed by atoms with E-state index in [1.807, 2.05) is 20.8 Å². The summed E-state index contributed by atoms with van der Waals surface area (Å²) in [6, 6.07) is 4.67. The minimum absolute atomic E-state index is 0.0103. The molecule has 1 amide bonds. The number of nitrogens with one attached hydrogen (secondary N) is 1. The summed E-state index contributed by atoms with van der Waals surface area (Å²) in [5.41, 5.74) is 0.119. The lowest BCUT2D eigenvalue weighted by Gasteiger charge is -2.25. The number of aliphatic hydroxyl groups is 1. The predicted molar refractivity (Wildman–Crippen MR) is 68.9 cm³/mol. The number of rotatable bonds is 3. The third-order valence-electron chi connectivity index (χ3n) is 2.89. The fraction of sp³-hybridized carbons (Fsp3) is 0.500. The lowest BCUT2D eigenvalue weighted by molar-refractivity contribution is 0.0585. The molecule has 1 unspecified atom stereocenters. The molecule has 1 aromatic rings. The first kappa shape index (κ1) is 14.6. The number of halogens is 1. The molecule has 0 spiro atoms. The van der Waals surface area contributed by atoms with Gasteiger partial charge in [-0.2, -0.15) is 0 Å². The molecule has 0 heterocycles. The highest BCUT2D eigenvalue weighted by Crippen LogP contribution is 2.18. The number of carbonyl (C=O) groups excluding carboxylic acids is 1. The van der Waals surface area contributed by atoms with Gasteiger partial charge < -0.3 is 10.4 Å². The summed E-state index contributed by atoms with van der Waals surface area (Å²) in [5, 5.41) is 12.3. The van der Waals surface area contributed by atoms with E-state index < -0.39 is 17.8 Å². The fourth-order valence-corrected chi connectivity index (χ4v) is 1.41. The van der Waals surface area contributed by atoms with Gasteiger partial charge in [0, 0.05) is 6.54 Å². The summed E-state index contributed by atoms with van der Waals surface area (Å²) in [5.74, 6) is -1.01. The van der Waals surface area contributed by atoms with Crippen molar-refractivity contribution in [3.63, 3.8) is 0 Å². The van der Waals surface area contributed by atoms with Crippen molar-refractivity contribution in [1.82, 2.24) is 5.32 Å². The zero-order valence-corrected chi connectivity index (χ0v) is 11.2. The average molecular weight is 253 g/mol. The van der Waals surface area contributed by atoms with Gasteiger partial charge in [0.1, 0.15) is 5.82 Å². The molecular weight excluding hydrogens is 233 g/mol. The van der Waals surface area contributed by atoms with Crippen molar-refractivity contribution in [1.29, 1.82) is 0 Å². The maximum absolute atomic E-state index is 13.7. The second-order valence-corrected chi connectivity index (χ2v) is 5.53. The second-order valence-electron chi connectivity index (χ2n) is 5.53. The molecule has 1 aromatic carbocycles. The molecule has 0 fully saturated rings. The number of hydrogen-bond acceptors (Lipinski definition) is 2. The van der Waals surface area contributed by atoms with E-state index in [4.69, 9.17) is 0 Å². The molecule has 0 saturated carbocycles. The highest BCUT2D eigenvalue weighted by molar-refractivity contribution is 5.94. The Morgan fingerprint density at radius 1 is 1.44 bits per heavy atom. The first-order valence-electron chi connectivity index (χ1n) is 5.95. The van der Waals surface area contributed by atoms with Gasteiger partial charge in [-0.3, -0.25) is 4.79 Å². The molecule has 1 rings (SSSR count). The minimum atomic E-state index is -0.672. The molecule has 0 aliphatic carbocycles. The van der Waals surface area contributed by atoms with Gasteiger partial charge in [0.25, 0.3) is 5.91 Å². The third-order valence-corrected chi connectivity index (χ3v) is 2.89. The number of hydrogen-bond donors (Lipinski definition) is 2. The van der Waals surface area contributed by atoms with Crippen LogP contribution >= 0.6 is 0 Å². The van der Waals surface area contributed by atoms with E-state index in [1.54, 1.807) is 19.1 Å². The summed E-state index contributed by atoms with van der Waals surface area (Å²) in [7, 11) is 0. The Bertz CT molecular complexity index is 438. The Balaban J connectivity index is 2.70. The summed E-state index contributed by atoms with van der Waals surface area (Å²) in [6.07, 6.45) is -0.672. The van der Waals surface area contributed by atoms with Crippen molar-refractivity contribution in [2.75, 3.05) is 6.54 Å². The van der Waals surface area contributed by atoms with Crippen LogP contribution in [-0.2, 0) is 0 Å². The van der Waals surface area contributed by atoms with Gasteiger partial charge in [-0.05, 0) is 24.0 Å². The Kier molecular flexibility index (Phi) is 4.46. The summed E-state index contributed by atoms with van der Waals surface area (Å²) in [6.45, 7) is 7.33. The molecular formula is C14H20FNO2. The predicted octanol–water partition coefficient (Wildman–Crippen LogP) is 2.27. The highest BCUT2D eigenvalue weighted by Gasteiger charge is 2.23. The van der Waals surface area contributed by atoms with Gasteiger partial charge in [-0.15, -0.1) is 0 Å². The van der Waals surface area contributed by atoms with Crippen molar-refractivity contribution >= 4 is 5.91 Å². The summed E-state index contributed by atoms with van der Waals surface area (Å²) in [4.78, 5) is 11.8. The van der Waals surface area contributed by atoms with E-state index in [-0.39, 0.29) is 17.5 Å². The molecule has 0 aliphatic heterocycles. The van der Waals surface area contributed by atoms with Gasteiger partial charge in [0.2, 0.25) is 0 Å². The largest absolute Gasteiger partial charge is 0.391 e. The van der Waals surface area contributed by atoms with Crippen LogP contribution in [0, 0.1) is 18.2 Å². The molecule has 4 heteroatoms. The zero-order valence-electron chi connectivity index (χ0n) is 11.2. The van der Waals surface area contributed by atoms with Gasteiger partial charge >= 0.3 is 0 Å². The second kappa shape index (κ2) is 5.48. The number of aliphatic hydroxyl groups excluding tert-OH is 1. The molecule has 0 aromatic heterocycles.